The minimum atomic E-state index is 0.816. The predicted molar refractivity (Wildman–Crippen MR) is 43.4 cm³/mol. The second-order valence-electron chi connectivity index (χ2n) is 2.42. The topological polar surface area (TPSA) is 28.0 Å². The molecule has 0 bridgehead atoms. The first-order valence-electron chi connectivity index (χ1n) is 3.17. The highest BCUT2D eigenvalue weighted by molar-refractivity contribution is 6.01. The normalized spacial score (nSPS) is 17.0. The quantitative estimate of drug-likeness (QED) is 0.487. The lowest BCUT2D eigenvalue weighted by atomic mass is 10.2. The molecule has 1 aliphatic heterocycles. The van der Waals surface area contributed by atoms with Gasteiger partial charge in [-0.25, -0.2) is 0 Å². The highest BCUT2D eigenvalue weighted by Crippen LogP contribution is 2.06. The van der Waals surface area contributed by atoms with E-state index in [9.17, 15) is 0 Å². The van der Waals surface area contributed by atoms with Crippen molar-refractivity contribution in [3.05, 3.63) is 12.2 Å². The van der Waals surface area contributed by atoms with Gasteiger partial charge < -0.3 is 4.90 Å². The minimum Gasteiger partial charge on any atom is -0.361 e. The SMILES string of the molecule is C=C1CC=NN=C1N(C)C. The summed E-state index contributed by atoms with van der Waals surface area (Å²) in [6, 6.07) is 0. The van der Waals surface area contributed by atoms with E-state index < -0.39 is 0 Å². The zero-order valence-electron chi connectivity index (χ0n) is 6.33. The summed E-state index contributed by atoms with van der Waals surface area (Å²) >= 11 is 0. The summed E-state index contributed by atoms with van der Waals surface area (Å²) in [6.45, 7) is 3.85. The van der Waals surface area contributed by atoms with E-state index in [1.807, 2.05) is 19.0 Å². The highest BCUT2D eigenvalue weighted by atomic mass is 15.3. The van der Waals surface area contributed by atoms with Crippen molar-refractivity contribution in [3.63, 3.8) is 0 Å². The Labute approximate surface area is 60.8 Å². The molecule has 0 unspecified atom stereocenters. The fourth-order valence-corrected chi connectivity index (χ4v) is 0.814. The molecule has 0 aromatic heterocycles. The lowest BCUT2D eigenvalue weighted by Gasteiger charge is -2.17. The van der Waals surface area contributed by atoms with Gasteiger partial charge in [-0.3, -0.25) is 0 Å². The van der Waals surface area contributed by atoms with Crippen LogP contribution >= 0.6 is 0 Å². The molecule has 0 saturated heterocycles. The van der Waals surface area contributed by atoms with Crippen molar-refractivity contribution < 1.29 is 0 Å². The molecule has 10 heavy (non-hydrogen) atoms. The molecule has 0 aliphatic carbocycles. The third-order valence-electron chi connectivity index (χ3n) is 1.31. The van der Waals surface area contributed by atoms with Gasteiger partial charge in [0.05, 0.1) is 0 Å². The monoisotopic (exact) mass is 137 g/mol. The van der Waals surface area contributed by atoms with Crippen LogP contribution in [0.15, 0.2) is 22.4 Å². The van der Waals surface area contributed by atoms with Crippen molar-refractivity contribution in [1.82, 2.24) is 4.90 Å². The standard InChI is InChI=1S/C7H11N3/c1-6-4-5-8-9-7(6)10(2)3/h5H,1,4H2,2-3H3. The largest absolute Gasteiger partial charge is 0.361 e. The summed E-state index contributed by atoms with van der Waals surface area (Å²) in [7, 11) is 3.87. The summed E-state index contributed by atoms with van der Waals surface area (Å²) in [6.07, 6.45) is 2.58. The van der Waals surface area contributed by atoms with Gasteiger partial charge in [0.15, 0.2) is 5.84 Å². The Balaban J connectivity index is 2.80. The fourth-order valence-electron chi connectivity index (χ4n) is 0.814. The molecule has 3 heteroatoms. The number of amidine groups is 1. The van der Waals surface area contributed by atoms with Crippen LogP contribution < -0.4 is 0 Å². The van der Waals surface area contributed by atoms with E-state index in [2.05, 4.69) is 16.8 Å². The van der Waals surface area contributed by atoms with Gasteiger partial charge in [-0.1, -0.05) is 6.58 Å². The van der Waals surface area contributed by atoms with Gasteiger partial charge in [-0.05, 0) is 5.57 Å². The van der Waals surface area contributed by atoms with Crippen molar-refractivity contribution in [2.24, 2.45) is 10.2 Å². The summed E-state index contributed by atoms with van der Waals surface area (Å²) in [5.74, 6) is 0.877. The lowest BCUT2D eigenvalue weighted by molar-refractivity contribution is 0.616. The van der Waals surface area contributed by atoms with Crippen LogP contribution in [0, 0.1) is 0 Å². The van der Waals surface area contributed by atoms with Gasteiger partial charge in [0.25, 0.3) is 0 Å². The molecule has 54 valence electrons. The Bertz CT molecular complexity index is 201. The first-order valence-corrected chi connectivity index (χ1v) is 3.17. The van der Waals surface area contributed by atoms with Gasteiger partial charge in [-0.2, -0.15) is 5.10 Å². The van der Waals surface area contributed by atoms with Crippen LogP contribution in [0.4, 0.5) is 0 Å². The number of rotatable bonds is 0. The zero-order chi connectivity index (χ0) is 7.56. The van der Waals surface area contributed by atoms with Crippen LogP contribution in [0.3, 0.4) is 0 Å². The third-order valence-corrected chi connectivity index (χ3v) is 1.31. The molecule has 3 nitrogen and oxygen atoms in total. The maximum absolute atomic E-state index is 3.92. The van der Waals surface area contributed by atoms with E-state index in [1.165, 1.54) is 0 Å². The number of likely N-dealkylation sites (N-methyl/N-ethyl adjacent to an activating group) is 1. The average Bonchev–Trinajstić information content (AvgIpc) is 1.88. The second-order valence-corrected chi connectivity index (χ2v) is 2.42. The van der Waals surface area contributed by atoms with Crippen LogP contribution in [0.1, 0.15) is 6.42 Å². The highest BCUT2D eigenvalue weighted by Gasteiger charge is 2.08. The van der Waals surface area contributed by atoms with Crippen LogP contribution in [-0.4, -0.2) is 31.0 Å². The Morgan fingerprint density at radius 3 is 2.70 bits per heavy atom. The molecule has 1 rings (SSSR count). The number of hydrogen-bond donors (Lipinski definition) is 0. The predicted octanol–water partition coefficient (Wildman–Crippen LogP) is 0.892. The van der Waals surface area contributed by atoms with Crippen molar-refractivity contribution in [3.8, 4) is 0 Å². The molecule has 1 heterocycles. The molecule has 0 amide bonds. The van der Waals surface area contributed by atoms with Gasteiger partial charge in [-0.15, -0.1) is 5.10 Å². The Hall–Kier alpha value is -1.12. The minimum absolute atomic E-state index is 0.816. The maximum atomic E-state index is 3.92. The maximum Gasteiger partial charge on any atom is 0.153 e. The molecular weight excluding hydrogens is 126 g/mol. The summed E-state index contributed by atoms with van der Waals surface area (Å²) in [5, 5.41) is 7.71. The first kappa shape index (κ1) is 6.99. The van der Waals surface area contributed by atoms with Crippen molar-refractivity contribution in [2.75, 3.05) is 14.1 Å². The zero-order valence-corrected chi connectivity index (χ0v) is 6.33. The van der Waals surface area contributed by atoms with Crippen molar-refractivity contribution >= 4 is 12.1 Å². The third kappa shape index (κ3) is 1.23. The molecule has 0 aromatic carbocycles. The molecular formula is C7H11N3. The van der Waals surface area contributed by atoms with E-state index in [1.54, 1.807) is 6.21 Å². The van der Waals surface area contributed by atoms with Crippen LogP contribution in [0.25, 0.3) is 0 Å². The molecule has 0 atom stereocenters. The number of hydrogen-bond acceptors (Lipinski definition) is 3. The molecule has 0 N–H and O–H groups in total. The Morgan fingerprint density at radius 2 is 2.30 bits per heavy atom. The van der Waals surface area contributed by atoms with Crippen LogP contribution in [0.5, 0.6) is 0 Å². The smallest absolute Gasteiger partial charge is 0.153 e. The van der Waals surface area contributed by atoms with Crippen LogP contribution in [0.2, 0.25) is 0 Å². The molecule has 0 radical (unpaired) electrons. The van der Waals surface area contributed by atoms with Crippen LogP contribution in [-0.2, 0) is 0 Å². The number of nitrogens with zero attached hydrogens (tertiary/aromatic N) is 3. The summed E-state index contributed by atoms with van der Waals surface area (Å²) in [4.78, 5) is 1.92. The first-order chi connectivity index (χ1) is 4.72. The molecule has 0 fully saturated rings. The van der Waals surface area contributed by atoms with E-state index >= 15 is 0 Å². The van der Waals surface area contributed by atoms with E-state index in [0.29, 0.717) is 0 Å². The molecule has 1 aliphatic rings. The van der Waals surface area contributed by atoms with Gasteiger partial charge >= 0.3 is 0 Å². The van der Waals surface area contributed by atoms with E-state index in [0.717, 1.165) is 17.8 Å². The lowest BCUT2D eigenvalue weighted by Crippen LogP contribution is -2.24. The van der Waals surface area contributed by atoms with Crippen molar-refractivity contribution in [1.29, 1.82) is 0 Å². The average molecular weight is 137 g/mol. The van der Waals surface area contributed by atoms with Crippen molar-refractivity contribution in [2.45, 2.75) is 6.42 Å². The van der Waals surface area contributed by atoms with E-state index in [4.69, 9.17) is 0 Å². The Kier molecular flexibility index (Phi) is 1.85. The Morgan fingerprint density at radius 1 is 1.60 bits per heavy atom. The van der Waals surface area contributed by atoms with E-state index in [-0.39, 0.29) is 0 Å². The van der Waals surface area contributed by atoms with Gasteiger partial charge in [0, 0.05) is 26.7 Å². The fraction of sp³-hybridized carbons (Fsp3) is 0.429. The molecule has 0 saturated carbocycles. The van der Waals surface area contributed by atoms with Gasteiger partial charge in [0.2, 0.25) is 0 Å². The second kappa shape index (κ2) is 2.64. The molecule has 0 aromatic rings. The molecule has 0 spiro atoms. The summed E-state index contributed by atoms with van der Waals surface area (Å²) in [5.41, 5.74) is 1.03. The summed E-state index contributed by atoms with van der Waals surface area (Å²) < 4.78 is 0. The van der Waals surface area contributed by atoms with Gasteiger partial charge in [0.1, 0.15) is 0 Å².